The van der Waals surface area contributed by atoms with Crippen LogP contribution in [-0.2, 0) is 19.6 Å². The summed E-state index contributed by atoms with van der Waals surface area (Å²) in [6.07, 6.45) is -1.21. The maximum atomic E-state index is 13.1. The second kappa shape index (κ2) is 7.86. The summed E-state index contributed by atoms with van der Waals surface area (Å²) in [6.45, 7) is -0.297. The summed E-state index contributed by atoms with van der Waals surface area (Å²) in [7, 11) is -2.74. The monoisotopic (exact) mass is 437 g/mol. The average molecular weight is 437 g/mol. The zero-order valence-corrected chi connectivity index (χ0v) is 16.8. The first-order valence-corrected chi connectivity index (χ1v) is 10.7. The molecule has 1 fully saturated rings. The van der Waals surface area contributed by atoms with Gasteiger partial charge in [-0.25, -0.2) is 22.3 Å². The van der Waals surface area contributed by atoms with Gasteiger partial charge in [-0.3, -0.25) is 0 Å². The van der Waals surface area contributed by atoms with Crippen LogP contribution in [0, 0.1) is 5.82 Å². The normalized spacial score (nSPS) is 24.6. The number of hydrogen-bond acceptors (Lipinski definition) is 7. The lowest BCUT2D eigenvalue weighted by Crippen LogP contribution is -2.43. The number of para-hydroxylation sites is 1. The third kappa shape index (κ3) is 3.73. The summed E-state index contributed by atoms with van der Waals surface area (Å²) >= 11 is 0. The van der Waals surface area contributed by atoms with Crippen LogP contribution in [-0.4, -0.2) is 51.5 Å². The molecular formula is C20H20FNO7S. The van der Waals surface area contributed by atoms with Gasteiger partial charge in [0.1, 0.15) is 11.9 Å². The minimum absolute atomic E-state index is 0.103. The van der Waals surface area contributed by atoms with Crippen LogP contribution in [0.15, 0.2) is 47.4 Å². The van der Waals surface area contributed by atoms with Gasteiger partial charge in [-0.1, -0.05) is 12.1 Å². The highest BCUT2D eigenvalue weighted by atomic mass is 32.2. The van der Waals surface area contributed by atoms with Gasteiger partial charge in [0.15, 0.2) is 18.1 Å². The minimum Gasteiger partial charge on any atom is -0.485 e. The Kier molecular flexibility index (Phi) is 5.39. The first kappa shape index (κ1) is 20.6. The fraction of sp³-hybridized carbons (Fsp3) is 0.350. The zero-order chi connectivity index (χ0) is 21.5. The molecule has 1 heterocycles. The molecule has 4 unspecified atom stereocenters. The number of carbonyl (C=O) groups is 1. The van der Waals surface area contributed by atoms with Gasteiger partial charge < -0.3 is 19.3 Å². The van der Waals surface area contributed by atoms with E-state index in [4.69, 9.17) is 9.47 Å². The van der Waals surface area contributed by atoms with Gasteiger partial charge in [-0.2, -0.15) is 0 Å². The number of aliphatic hydroxyl groups excluding tert-OH is 1. The minimum atomic E-state index is -3.99. The van der Waals surface area contributed by atoms with Gasteiger partial charge in [-0.15, -0.1) is 0 Å². The van der Waals surface area contributed by atoms with Crippen LogP contribution in [0.5, 0.6) is 11.5 Å². The van der Waals surface area contributed by atoms with Crippen molar-refractivity contribution in [1.29, 1.82) is 0 Å². The van der Waals surface area contributed by atoms with E-state index < -0.39 is 46.0 Å². The molecule has 0 bridgehead atoms. The van der Waals surface area contributed by atoms with Crippen molar-refractivity contribution in [3.8, 4) is 11.5 Å². The third-order valence-electron chi connectivity index (χ3n) is 5.30. The van der Waals surface area contributed by atoms with E-state index in [1.807, 2.05) is 0 Å². The number of aliphatic hydroxyl groups is 1. The molecule has 0 saturated heterocycles. The van der Waals surface area contributed by atoms with Crippen molar-refractivity contribution in [3.63, 3.8) is 0 Å². The summed E-state index contributed by atoms with van der Waals surface area (Å²) in [6, 6.07) is 8.69. The van der Waals surface area contributed by atoms with Gasteiger partial charge in [0, 0.05) is 17.9 Å². The molecule has 2 aromatic rings. The maximum absolute atomic E-state index is 13.1. The van der Waals surface area contributed by atoms with Crippen LogP contribution in [0.1, 0.15) is 17.9 Å². The molecular weight excluding hydrogens is 417 g/mol. The van der Waals surface area contributed by atoms with Gasteiger partial charge in [-0.05, 0) is 30.3 Å². The SMILES string of the molecule is COC(=O)COc1cccc2c1OC1CC(O)C(NS(=O)(=O)c3ccc(F)cc3)C21. The number of sulfonamides is 1. The number of rotatable bonds is 6. The van der Waals surface area contributed by atoms with Crippen molar-refractivity contribution in [2.24, 2.45) is 0 Å². The van der Waals surface area contributed by atoms with Crippen LogP contribution < -0.4 is 14.2 Å². The summed E-state index contributed by atoms with van der Waals surface area (Å²) in [4.78, 5) is 11.3. The van der Waals surface area contributed by atoms with Gasteiger partial charge in [0.05, 0.1) is 24.2 Å². The molecule has 4 rings (SSSR count). The molecule has 1 aliphatic carbocycles. The molecule has 1 saturated carbocycles. The van der Waals surface area contributed by atoms with Crippen LogP contribution >= 0.6 is 0 Å². The Bertz CT molecular complexity index is 1060. The lowest BCUT2D eigenvalue weighted by atomic mass is 9.94. The van der Waals surface area contributed by atoms with Gasteiger partial charge >= 0.3 is 5.97 Å². The predicted octanol–water partition coefficient (Wildman–Crippen LogP) is 1.33. The first-order valence-electron chi connectivity index (χ1n) is 9.25. The van der Waals surface area contributed by atoms with Crippen LogP contribution in [0.25, 0.3) is 0 Å². The molecule has 2 aromatic carbocycles. The first-order chi connectivity index (χ1) is 14.3. The second-order valence-corrected chi connectivity index (χ2v) is 8.84. The Balaban J connectivity index is 1.60. The summed E-state index contributed by atoms with van der Waals surface area (Å²) < 4.78 is 57.2. The molecule has 0 amide bonds. The van der Waals surface area contributed by atoms with Gasteiger partial charge in [0.25, 0.3) is 0 Å². The molecule has 0 radical (unpaired) electrons. The van der Waals surface area contributed by atoms with Crippen molar-refractivity contribution in [1.82, 2.24) is 4.72 Å². The van der Waals surface area contributed by atoms with Crippen molar-refractivity contribution in [2.45, 2.75) is 35.5 Å². The summed E-state index contributed by atoms with van der Waals surface area (Å²) in [5.74, 6) is -0.804. The molecule has 2 N–H and O–H groups in total. The molecule has 1 aliphatic heterocycles. The number of ether oxygens (including phenoxy) is 3. The van der Waals surface area contributed by atoms with Crippen LogP contribution in [0.3, 0.4) is 0 Å². The number of nitrogens with one attached hydrogen (secondary N) is 1. The standard InChI is InChI=1S/C20H20FNO7S/c1-27-17(24)10-28-15-4-2-3-13-18-16(29-20(13)15)9-14(23)19(18)22-30(25,26)12-7-5-11(21)6-8-12/h2-8,14,16,18-19,22-23H,9-10H2,1H3. The van der Waals surface area contributed by atoms with E-state index in [1.165, 1.54) is 7.11 Å². The van der Waals surface area contributed by atoms with Crippen molar-refractivity contribution in [3.05, 3.63) is 53.8 Å². The molecule has 2 aliphatic rings. The average Bonchev–Trinajstić information content (AvgIpc) is 3.22. The van der Waals surface area contributed by atoms with E-state index in [1.54, 1.807) is 18.2 Å². The topological polar surface area (TPSA) is 111 Å². The number of fused-ring (bicyclic) bond motifs is 3. The van der Waals surface area contributed by atoms with Gasteiger partial charge in [0.2, 0.25) is 10.0 Å². The van der Waals surface area contributed by atoms with Crippen LogP contribution in [0.4, 0.5) is 4.39 Å². The Hall–Kier alpha value is -2.69. The molecule has 4 atom stereocenters. The number of carbonyl (C=O) groups excluding carboxylic acids is 1. The smallest absolute Gasteiger partial charge is 0.343 e. The highest BCUT2D eigenvalue weighted by molar-refractivity contribution is 7.89. The number of methoxy groups -OCH3 is 1. The Morgan fingerprint density at radius 3 is 2.70 bits per heavy atom. The predicted molar refractivity (Wildman–Crippen MR) is 102 cm³/mol. The van der Waals surface area contributed by atoms with E-state index in [0.717, 1.165) is 24.3 Å². The second-order valence-electron chi connectivity index (χ2n) is 7.13. The quantitative estimate of drug-likeness (QED) is 0.656. The van der Waals surface area contributed by atoms with E-state index in [-0.39, 0.29) is 17.9 Å². The number of hydrogen-bond donors (Lipinski definition) is 2. The van der Waals surface area contributed by atoms with Crippen molar-refractivity contribution < 1.29 is 36.9 Å². The van der Waals surface area contributed by atoms with E-state index >= 15 is 0 Å². The Morgan fingerprint density at radius 1 is 1.27 bits per heavy atom. The Morgan fingerprint density at radius 2 is 2.00 bits per heavy atom. The van der Waals surface area contributed by atoms with Crippen molar-refractivity contribution in [2.75, 3.05) is 13.7 Å². The molecule has 30 heavy (non-hydrogen) atoms. The summed E-state index contributed by atoms with van der Waals surface area (Å²) in [5, 5.41) is 10.5. The lowest BCUT2D eigenvalue weighted by molar-refractivity contribution is -0.142. The number of benzene rings is 2. The molecule has 0 spiro atoms. The number of esters is 1. The van der Waals surface area contributed by atoms with Crippen molar-refractivity contribution >= 4 is 16.0 Å². The maximum Gasteiger partial charge on any atom is 0.343 e. The van der Waals surface area contributed by atoms with E-state index in [0.29, 0.717) is 17.1 Å². The largest absolute Gasteiger partial charge is 0.485 e. The molecule has 0 aromatic heterocycles. The fourth-order valence-electron chi connectivity index (χ4n) is 3.91. The lowest BCUT2D eigenvalue weighted by Gasteiger charge is -2.22. The summed E-state index contributed by atoms with van der Waals surface area (Å²) in [5.41, 5.74) is 0.672. The Labute approximate surface area is 172 Å². The third-order valence-corrected chi connectivity index (χ3v) is 6.78. The highest BCUT2D eigenvalue weighted by Gasteiger charge is 2.51. The molecule has 160 valence electrons. The molecule has 10 heteroatoms. The van der Waals surface area contributed by atoms with Crippen LogP contribution in [0.2, 0.25) is 0 Å². The number of halogens is 1. The molecule has 8 nitrogen and oxygen atoms in total. The van der Waals surface area contributed by atoms with E-state index in [9.17, 15) is 22.7 Å². The highest BCUT2D eigenvalue weighted by Crippen LogP contribution is 2.51. The van der Waals surface area contributed by atoms with E-state index in [2.05, 4.69) is 9.46 Å². The zero-order valence-electron chi connectivity index (χ0n) is 15.9. The fourth-order valence-corrected chi connectivity index (χ4v) is 5.20.